The fourth-order valence-electron chi connectivity index (χ4n) is 3.80. The highest BCUT2D eigenvalue weighted by molar-refractivity contribution is 8.03. The van der Waals surface area contributed by atoms with Crippen LogP contribution < -0.4 is 20.1 Å². The van der Waals surface area contributed by atoms with E-state index in [1.807, 2.05) is 19.1 Å². The molecule has 0 unspecified atom stereocenters. The van der Waals surface area contributed by atoms with Crippen molar-refractivity contribution in [3.05, 3.63) is 69.2 Å². The fourth-order valence-corrected chi connectivity index (χ4v) is 4.92. The van der Waals surface area contributed by atoms with Crippen molar-refractivity contribution in [2.45, 2.75) is 19.4 Å². The molecule has 2 aromatic rings. The van der Waals surface area contributed by atoms with Crippen LogP contribution in [0.15, 0.2) is 53.1 Å². The number of allylic oxidation sites excluding steroid dienone is 1. The monoisotopic (exact) mass is 543 g/mol. The van der Waals surface area contributed by atoms with E-state index in [-0.39, 0.29) is 27.3 Å². The lowest BCUT2D eigenvalue weighted by Gasteiger charge is -2.31. The number of ether oxygens (including phenoxy) is 3. The average molecular weight is 544 g/mol. The predicted molar refractivity (Wildman–Crippen MR) is 139 cm³/mol. The Morgan fingerprint density at radius 2 is 1.92 bits per heavy atom. The molecule has 0 saturated heterocycles. The Bertz CT molecular complexity index is 1240. The van der Waals surface area contributed by atoms with Crippen molar-refractivity contribution >= 4 is 41.1 Å². The van der Waals surface area contributed by atoms with E-state index in [1.165, 1.54) is 7.11 Å². The number of amides is 2. The first kappa shape index (κ1) is 27.9. The minimum absolute atomic E-state index is 0.0589. The summed E-state index contributed by atoms with van der Waals surface area (Å²) >= 11 is 7.35. The molecular formula is C26H26ClN3O6S. The number of benzene rings is 2. The van der Waals surface area contributed by atoms with E-state index >= 15 is 0 Å². The van der Waals surface area contributed by atoms with E-state index in [2.05, 4.69) is 16.7 Å². The summed E-state index contributed by atoms with van der Waals surface area (Å²) in [5, 5.41) is 15.9. The summed E-state index contributed by atoms with van der Waals surface area (Å²) in [5.41, 5.74) is 1.48. The van der Waals surface area contributed by atoms with E-state index in [1.54, 1.807) is 37.4 Å². The number of esters is 1. The van der Waals surface area contributed by atoms with Gasteiger partial charge in [-0.05, 0) is 42.3 Å². The largest absolute Gasteiger partial charge is 0.497 e. The van der Waals surface area contributed by atoms with Crippen molar-refractivity contribution < 1.29 is 28.6 Å². The van der Waals surface area contributed by atoms with Gasteiger partial charge >= 0.3 is 5.97 Å². The van der Waals surface area contributed by atoms with Gasteiger partial charge in [0.25, 0.3) is 0 Å². The first-order valence-corrected chi connectivity index (χ1v) is 12.7. The Morgan fingerprint density at radius 1 is 1.19 bits per heavy atom. The number of hydrogen-bond donors (Lipinski definition) is 2. The molecule has 1 aliphatic rings. The van der Waals surface area contributed by atoms with Crippen molar-refractivity contribution in [1.29, 1.82) is 5.26 Å². The number of nitrogens with zero attached hydrogens (tertiary/aromatic N) is 1. The zero-order valence-electron chi connectivity index (χ0n) is 20.5. The number of carbonyl (C=O) groups is 3. The van der Waals surface area contributed by atoms with Gasteiger partial charge in [0.1, 0.15) is 17.4 Å². The number of halogens is 1. The Balaban J connectivity index is 1.82. The Hall–Kier alpha value is -3.68. The molecule has 0 aromatic heterocycles. The smallest absolute Gasteiger partial charge is 0.319 e. The Kier molecular flexibility index (Phi) is 9.83. The molecule has 0 fully saturated rings. The maximum atomic E-state index is 13.0. The van der Waals surface area contributed by atoms with Crippen LogP contribution in [0.2, 0.25) is 5.02 Å². The third-order valence-corrected chi connectivity index (χ3v) is 6.91. The van der Waals surface area contributed by atoms with E-state index in [0.29, 0.717) is 30.2 Å². The quantitative estimate of drug-likeness (QED) is 0.344. The first-order valence-electron chi connectivity index (χ1n) is 11.3. The molecule has 3 rings (SSSR count). The molecule has 0 bridgehead atoms. The zero-order valence-corrected chi connectivity index (χ0v) is 22.1. The maximum Gasteiger partial charge on any atom is 0.319 e. The van der Waals surface area contributed by atoms with Crippen molar-refractivity contribution in [3.8, 4) is 17.6 Å². The van der Waals surface area contributed by atoms with Gasteiger partial charge in [0.2, 0.25) is 11.8 Å². The minimum atomic E-state index is -1.30. The average Bonchev–Trinajstić information content (AvgIpc) is 2.91. The maximum absolute atomic E-state index is 13.0. The van der Waals surface area contributed by atoms with Gasteiger partial charge in [0, 0.05) is 12.5 Å². The van der Waals surface area contributed by atoms with E-state index in [0.717, 1.165) is 17.3 Å². The van der Waals surface area contributed by atoms with Crippen molar-refractivity contribution in [3.63, 3.8) is 0 Å². The second-order valence-corrected chi connectivity index (χ2v) is 9.25. The summed E-state index contributed by atoms with van der Waals surface area (Å²) in [5.74, 6) is -2.89. The van der Waals surface area contributed by atoms with Gasteiger partial charge in [-0.1, -0.05) is 41.6 Å². The summed E-state index contributed by atoms with van der Waals surface area (Å²) in [6.07, 6.45) is 0. The van der Waals surface area contributed by atoms with Gasteiger partial charge in [0.05, 0.1) is 48.3 Å². The third-order valence-electron chi connectivity index (χ3n) is 5.59. The number of carbonyl (C=O) groups excluding carboxylic acids is 3. The molecule has 11 heteroatoms. The van der Waals surface area contributed by atoms with E-state index < -0.39 is 23.7 Å². The molecule has 2 N–H and O–H groups in total. The molecule has 2 atom stereocenters. The molecule has 2 amide bonds. The van der Waals surface area contributed by atoms with Crippen LogP contribution in [0.1, 0.15) is 24.0 Å². The first-order chi connectivity index (χ1) is 17.8. The highest BCUT2D eigenvalue weighted by Crippen LogP contribution is 2.42. The van der Waals surface area contributed by atoms with Crippen LogP contribution in [0, 0.1) is 17.2 Å². The number of methoxy groups -OCH3 is 2. The van der Waals surface area contributed by atoms with Gasteiger partial charge in [0.15, 0.2) is 0 Å². The van der Waals surface area contributed by atoms with E-state index in [9.17, 15) is 19.6 Å². The topological polar surface area (TPSA) is 127 Å². The number of thioether (sulfide) groups is 1. The summed E-state index contributed by atoms with van der Waals surface area (Å²) in [7, 11) is 2.75. The zero-order chi connectivity index (χ0) is 26.9. The second-order valence-electron chi connectivity index (χ2n) is 7.86. The second kappa shape index (κ2) is 13.0. The highest BCUT2D eigenvalue weighted by atomic mass is 35.5. The van der Waals surface area contributed by atoms with Gasteiger partial charge in [-0.15, -0.1) is 0 Å². The molecular weight excluding hydrogens is 518 g/mol. The van der Waals surface area contributed by atoms with Gasteiger partial charge in [-0.2, -0.15) is 5.26 Å². The molecule has 0 radical (unpaired) electrons. The normalized spacial score (nSPS) is 16.9. The van der Waals surface area contributed by atoms with Crippen LogP contribution in [-0.4, -0.2) is 44.4 Å². The summed E-state index contributed by atoms with van der Waals surface area (Å²) in [6, 6.07) is 14.2. The highest BCUT2D eigenvalue weighted by Gasteiger charge is 2.44. The minimum Gasteiger partial charge on any atom is -0.497 e. The number of hydrogen-bond acceptors (Lipinski definition) is 8. The van der Waals surface area contributed by atoms with Gasteiger partial charge in [-0.3, -0.25) is 14.4 Å². The SMILES string of the molecule is CCOc1ccc([C@H]2C(C#N)=C(SCC(=O)NCc3ccc(OC)cc3)NC(=O)[C@@H]2C(=O)OC)cc1Cl. The summed E-state index contributed by atoms with van der Waals surface area (Å²) < 4.78 is 15.4. The molecule has 2 aromatic carbocycles. The number of nitriles is 1. The Morgan fingerprint density at radius 3 is 2.51 bits per heavy atom. The van der Waals surface area contributed by atoms with Gasteiger partial charge < -0.3 is 24.8 Å². The van der Waals surface area contributed by atoms with Crippen LogP contribution in [0.25, 0.3) is 0 Å². The third kappa shape index (κ3) is 6.76. The standard InChI is InChI=1S/C26H26ClN3O6S/c1-4-36-20-10-7-16(11-19(20)27)22-18(12-28)25(30-24(32)23(22)26(33)35-3)37-14-21(31)29-13-15-5-8-17(34-2)9-6-15/h5-11,22-23H,4,13-14H2,1-3H3,(H,29,31)(H,30,32)/t22-,23+/m0/s1. The Labute approximate surface area is 224 Å². The molecule has 0 aliphatic carbocycles. The van der Waals surface area contributed by atoms with E-state index in [4.69, 9.17) is 25.8 Å². The van der Waals surface area contributed by atoms with Gasteiger partial charge in [-0.25, -0.2) is 0 Å². The van der Waals surface area contributed by atoms with Crippen LogP contribution in [0.3, 0.4) is 0 Å². The van der Waals surface area contributed by atoms with Crippen LogP contribution >= 0.6 is 23.4 Å². The van der Waals surface area contributed by atoms with Crippen LogP contribution in [-0.2, 0) is 25.7 Å². The predicted octanol–water partition coefficient (Wildman–Crippen LogP) is 3.53. The van der Waals surface area contributed by atoms with Crippen molar-refractivity contribution in [1.82, 2.24) is 10.6 Å². The molecule has 0 spiro atoms. The molecule has 194 valence electrons. The van der Waals surface area contributed by atoms with Crippen LogP contribution in [0.4, 0.5) is 0 Å². The number of nitrogens with one attached hydrogen (secondary N) is 2. The molecule has 1 aliphatic heterocycles. The molecule has 9 nitrogen and oxygen atoms in total. The fraction of sp³-hybridized carbons (Fsp3) is 0.308. The van der Waals surface area contributed by atoms with Crippen molar-refractivity contribution in [2.24, 2.45) is 5.92 Å². The van der Waals surface area contributed by atoms with Crippen molar-refractivity contribution in [2.75, 3.05) is 26.6 Å². The molecule has 37 heavy (non-hydrogen) atoms. The van der Waals surface area contributed by atoms with Crippen LogP contribution in [0.5, 0.6) is 11.5 Å². The lowest BCUT2D eigenvalue weighted by atomic mass is 9.78. The summed E-state index contributed by atoms with van der Waals surface area (Å²) in [4.78, 5) is 38.0. The molecule has 0 saturated carbocycles. The lowest BCUT2D eigenvalue weighted by Crippen LogP contribution is -2.44. The lowest BCUT2D eigenvalue weighted by molar-refractivity contribution is -0.150. The number of rotatable bonds is 10. The summed E-state index contributed by atoms with van der Waals surface area (Å²) in [6.45, 7) is 2.52. The molecule has 1 heterocycles.